The number of benzene rings is 1. The van der Waals surface area contributed by atoms with E-state index in [0.717, 1.165) is 25.7 Å². The predicted molar refractivity (Wildman–Crippen MR) is 99.8 cm³/mol. The fourth-order valence-corrected chi connectivity index (χ4v) is 4.30. The number of carbonyl (C=O) groups is 1. The lowest BCUT2D eigenvalue weighted by molar-refractivity contribution is -0.127. The second-order valence-corrected chi connectivity index (χ2v) is 8.29. The van der Waals surface area contributed by atoms with Crippen molar-refractivity contribution in [1.29, 1.82) is 5.26 Å². The Morgan fingerprint density at radius 1 is 1.31 bits per heavy atom. The molecular formula is C19H23ClN4O2. The van der Waals surface area contributed by atoms with Gasteiger partial charge in [-0.1, -0.05) is 11.6 Å². The molecule has 2 fully saturated rings. The SMILES string of the molecule is CC(C)(Oc1ccc(Cl)cc1)/C(=N/C#N)NC12CCC(C(N)=O)(CC1)C2. The van der Waals surface area contributed by atoms with Crippen LogP contribution in [-0.2, 0) is 4.79 Å². The van der Waals surface area contributed by atoms with E-state index in [1.54, 1.807) is 24.3 Å². The molecule has 1 aromatic carbocycles. The first-order valence-electron chi connectivity index (χ1n) is 8.70. The molecule has 7 heteroatoms. The molecule has 2 aliphatic carbocycles. The number of fused-ring (bicyclic) bond motifs is 2. The van der Waals surface area contributed by atoms with E-state index in [2.05, 4.69) is 10.3 Å². The number of nitriles is 1. The van der Waals surface area contributed by atoms with Gasteiger partial charge in [0.1, 0.15) is 5.75 Å². The highest BCUT2D eigenvalue weighted by Gasteiger charge is 2.58. The van der Waals surface area contributed by atoms with Gasteiger partial charge in [0.05, 0.1) is 5.41 Å². The third-order valence-corrected chi connectivity index (χ3v) is 5.92. The molecular weight excluding hydrogens is 352 g/mol. The van der Waals surface area contributed by atoms with Crippen LogP contribution in [0.1, 0.15) is 46.0 Å². The molecule has 138 valence electrons. The number of hydrogen-bond donors (Lipinski definition) is 2. The van der Waals surface area contributed by atoms with E-state index in [4.69, 9.17) is 27.3 Å². The Kier molecular flexibility index (Phi) is 4.61. The fourth-order valence-electron chi connectivity index (χ4n) is 4.17. The summed E-state index contributed by atoms with van der Waals surface area (Å²) >= 11 is 5.92. The number of amides is 1. The van der Waals surface area contributed by atoms with Gasteiger partial charge in [0, 0.05) is 10.6 Å². The first kappa shape index (κ1) is 18.5. The van der Waals surface area contributed by atoms with Gasteiger partial charge in [-0.3, -0.25) is 4.79 Å². The van der Waals surface area contributed by atoms with E-state index in [1.807, 2.05) is 20.0 Å². The maximum absolute atomic E-state index is 11.9. The molecule has 3 rings (SSSR count). The molecule has 0 unspecified atom stereocenters. The number of nitrogens with two attached hydrogens (primary N) is 1. The molecule has 1 amide bonds. The zero-order chi connectivity index (χ0) is 19.0. The van der Waals surface area contributed by atoms with Crippen LogP contribution >= 0.6 is 11.6 Å². The van der Waals surface area contributed by atoms with Crippen LogP contribution in [-0.4, -0.2) is 22.9 Å². The minimum absolute atomic E-state index is 0.228. The Morgan fingerprint density at radius 2 is 1.92 bits per heavy atom. The van der Waals surface area contributed by atoms with Crippen LogP contribution in [0.25, 0.3) is 0 Å². The Morgan fingerprint density at radius 3 is 2.42 bits per heavy atom. The minimum atomic E-state index is -0.848. The maximum atomic E-state index is 11.9. The Balaban J connectivity index is 1.79. The van der Waals surface area contributed by atoms with Gasteiger partial charge in [0.25, 0.3) is 0 Å². The van der Waals surface area contributed by atoms with E-state index in [-0.39, 0.29) is 11.4 Å². The van der Waals surface area contributed by atoms with Gasteiger partial charge in [-0.2, -0.15) is 10.3 Å². The molecule has 0 atom stereocenters. The van der Waals surface area contributed by atoms with E-state index in [1.165, 1.54) is 0 Å². The van der Waals surface area contributed by atoms with Crippen molar-refractivity contribution < 1.29 is 9.53 Å². The average molecular weight is 375 g/mol. The van der Waals surface area contributed by atoms with Crippen molar-refractivity contribution >= 4 is 23.3 Å². The van der Waals surface area contributed by atoms with Crippen molar-refractivity contribution in [2.75, 3.05) is 0 Å². The van der Waals surface area contributed by atoms with Gasteiger partial charge in [-0.15, -0.1) is 0 Å². The number of carbonyl (C=O) groups excluding carboxylic acids is 1. The van der Waals surface area contributed by atoms with Crippen LogP contribution in [0, 0.1) is 16.9 Å². The minimum Gasteiger partial charge on any atom is -0.480 e. The van der Waals surface area contributed by atoms with Crippen molar-refractivity contribution in [3.05, 3.63) is 29.3 Å². The number of ether oxygens (including phenoxy) is 1. The smallest absolute Gasteiger partial charge is 0.223 e. The summed E-state index contributed by atoms with van der Waals surface area (Å²) in [7, 11) is 0. The molecule has 2 saturated carbocycles. The van der Waals surface area contributed by atoms with Crippen molar-refractivity contribution in [3.8, 4) is 11.9 Å². The van der Waals surface area contributed by atoms with Crippen molar-refractivity contribution in [2.45, 2.75) is 57.1 Å². The summed E-state index contributed by atoms with van der Waals surface area (Å²) in [5, 5.41) is 13.2. The zero-order valence-corrected chi connectivity index (χ0v) is 15.8. The number of rotatable bonds is 5. The molecule has 0 spiro atoms. The number of hydrogen-bond acceptors (Lipinski definition) is 4. The average Bonchev–Trinajstić information content (AvgIpc) is 3.14. The summed E-state index contributed by atoms with van der Waals surface area (Å²) in [6.07, 6.45) is 5.74. The predicted octanol–water partition coefficient (Wildman–Crippen LogP) is 3.15. The molecule has 0 saturated heterocycles. The number of halogens is 1. The topological polar surface area (TPSA) is 100 Å². The molecule has 0 aliphatic heterocycles. The molecule has 0 heterocycles. The van der Waals surface area contributed by atoms with Crippen molar-refractivity contribution in [2.24, 2.45) is 16.1 Å². The molecule has 0 radical (unpaired) electrons. The third kappa shape index (κ3) is 3.36. The van der Waals surface area contributed by atoms with E-state index in [0.29, 0.717) is 23.0 Å². The van der Waals surface area contributed by atoms with Gasteiger partial charge in [-0.05, 0) is 70.2 Å². The number of nitrogens with zero attached hydrogens (tertiary/aromatic N) is 2. The third-order valence-electron chi connectivity index (χ3n) is 5.67. The quantitative estimate of drug-likeness (QED) is 0.469. The number of aliphatic imine (C=N–C) groups is 1. The van der Waals surface area contributed by atoms with Gasteiger partial charge >= 0.3 is 0 Å². The molecule has 26 heavy (non-hydrogen) atoms. The molecule has 3 N–H and O–H groups in total. The summed E-state index contributed by atoms with van der Waals surface area (Å²) < 4.78 is 6.06. The normalized spacial score (nSPS) is 27.8. The van der Waals surface area contributed by atoms with E-state index < -0.39 is 11.0 Å². The molecule has 2 aliphatic rings. The second kappa shape index (κ2) is 6.48. The van der Waals surface area contributed by atoms with Crippen LogP contribution in [0.5, 0.6) is 5.75 Å². The monoisotopic (exact) mass is 374 g/mol. The lowest BCUT2D eigenvalue weighted by atomic mass is 9.83. The van der Waals surface area contributed by atoms with Crippen LogP contribution in [0.2, 0.25) is 5.02 Å². The molecule has 2 bridgehead atoms. The molecule has 6 nitrogen and oxygen atoms in total. The number of amidine groups is 1. The highest BCUT2D eigenvalue weighted by Crippen LogP contribution is 2.56. The van der Waals surface area contributed by atoms with E-state index in [9.17, 15) is 4.79 Å². The Labute approximate surface area is 158 Å². The highest BCUT2D eigenvalue weighted by molar-refractivity contribution is 6.30. The Bertz CT molecular complexity index is 772. The van der Waals surface area contributed by atoms with Crippen molar-refractivity contribution in [3.63, 3.8) is 0 Å². The molecule has 0 aromatic heterocycles. The maximum Gasteiger partial charge on any atom is 0.223 e. The van der Waals surface area contributed by atoms with Gasteiger partial charge in [0.15, 0.2) is 11.4 Å². The summed E-state index contributed by atoms with van der Waals surface area (Å²) in [4.78, 5) is 15.9. The standard InChI is InChI=1S/C19H23ClN4O2/c1-17(2,26-14-5-3-13(20)4-6-14)16(23-12-21)24-19-9-7-18(11-19,8-10-19)15(22)25/h3-6H,7-11H2,1-2H3,(H2,22,25)(H,23,24). The summed E-state index contributed by atoms with van der Waals surface area (Å²) in [5.74, 6) is 0.861. The lowest BCUT2D eigenvalue weighted by Gasteiger charge is -2.35. The zero-order valence-electron chi connectivity index (χ0n) is 15.0. The van der Waals surface area contributed by atoms with Gasteiger partial charge < -0.3 is 15.8 Å². The van der Waals surface area contributed by atoms with Crippen LogP contribution in [0.4, 0.5) is 0 Å². The highest BCUT2D eigenvalue weighted by atomic mass is 35.5. The number of primary amides is 1. The second-order valence-electron chi connectivity index (χ2n) is 7.85. The summed E-state index contributed by atoms with van der Waals surface area (Å²) in [5.41, 5.74) is 4.10. The van der Waals surface area contributed by atoms with Crippen LogP contribution in [0.3, 0.4) is 0 Å². The Hall–Kier alpha value is -2.26. The number of nitrogens with one attached hydrogen (secondary N) is 1. The first-order chi connectivity index (χ1) is 12.2. The van der Waals surface area contributed by atoms with Gasteiger partial charge in [-0.25, -0.2) is 0 Å². The van der Waals surface area contributed by atoms with Crippen LogP contribution in [0.15, 0.2) is 29.3 Å². The largest absolute Gasteiger partial charge is 0.480 e. The molecule has 1 aromatic rings. The van der Waals surface area contributed by atoms with Crippen molar-refractivity contribution in [1.82, 2.24) is 5.32 Å². The van der Waals surface area contributed by atoms with Crippen LogP contribution < -0.4 is 15.8 Å². The van der Waals surface area contributed by atoms with Gasteiger partial charge in [0.2, 0.25) is 12.1 Å². The van der Waals surface area contributed by atoms with E-state index >= 15 is 0 Å². The fraction of sp³-hybridized carbons (Fsp3) is 0.526. The first-order valence-corrected chi connectivity index (χ1v) is 9.08. The summed E-state index contributed by atoms with van der Waals surface area (Å²) in [6.45, 7) is 3.71. The lowest BCUT2D eigenvalue weighted by Crippen LogP contribution is -2.55. The summed E-state index contributed by atoms with van der Waals surface area (Å²) in [6, 6.07) is 7.04.